The fourth-order valence-corrected chi connectivity index (χ4v) is 1.70. The summed E-state index contributed by atoms with van der Waals surface area (Å²) in [5.41, 5.74) is -1.62. The number of nitrogens with one attached hydrogen (secondary N) is 1. The van der Waals surface area contributed by atoms with Gasteiger partial charge in [0, 0.05) is 0 Å². The van der Waals surface area contributed by atoms with Crippen molar-refractivity contribution in [3.05, 3.63) is 51.1 Å². The lowest BCUT2D eigenvalue weighted by atomic mass is 10.3. The molecule has 0 aliphatic carbocycles. The van der Waals surface area contributed by atoms with Crippen LogP contribution in [0.4, 0.5) is 4.39 Å². The van der Waals surface area contributed by atoms with E-state index in [0.29, 0.717) is 4.57 Å². The number of H-pyrrole nitrogens is 1. The minimum Gasteiger partial charge on any atom is -0.286 e. The van der Waals surface area contributed by atoms with E-state index in [1.165, 1.54) is 24.3 Å². The van der Waals surface area contributed by atoms with Crippen LogP contribution in [0.1, 0.15) is 0 Å². The highest BCUT2D eigenvalue weighted by Gasteiger charge is 2.10. The van der Waals surface area contributed by atoms with Crippen LogP contribution in [0.5, 0.6) is 0 Å². The van der Waals surface area contributed by atoms with E-state index in [1.807, 2.05) is 0 Å². The number of aromatic nitrogens is 3. The van der Waals surface area contributed by atoms with Gasteiger partial charge < -0.3 is 0 Å². The Balaban J connectivity index is 2.74. The fourth-order valence-electron chi connectivity index (χ4n) is 1.34. The number of hydrogen-bond donors (Lipinski definition) is 1. The maximum atomic E-state index is 13.5. The Labute approximate surface area is 99.3 Å². The van der Waals surface area contributed by atoms with E-state index in [-0.39, 0.29) is 10.8 Å². The van der Waals surface area contributed by atoms with Crippen molar-refractivity contribution in [1.29, 1.82) is 0 Å². The number of halogens is 1. The third-order valence-corrected chi connectivity index (χ3v) is 2.67. The van der Waals surface area contributed by atoms with Crippen LogP contribution in [-0.2, 0) is 0 Å². The molecule has 0 fully saturated rings. The predicted molar refractivity (Wildman–Crippen MR) is 62.2 cm³/mol. The minimum absolute atomic E-state index is 0.112. The summed E-state index contributed by atoms with van der Waals surface area (Å²) in [6.45, 7) is 0. The molecule has 88 valence electrons. The molecule has 0 bridgehead atoms. The fraction of sp³-hybridized carbons (Fsp3) is 0.100. The highest BCUT2D eigenvalue weighted by molar-refractivity contribution is 7.98. The Morgan fingerprint density at radius 1 is 1.35 bits per heavy atom. The number of thioether (sulfide) groups is 1. The number of nitrogens with zero attached hydrogens (tertiary/aromatic N) is 2. The molecule has 5 nitrogen and oxygen atoms in total. The van der Waals surface area contributed by atoms with Crippen LogP contribution in [-0.4, -0.2) is 20.8 Å². The van der Waals surface area contributed by atoms with Crippen LogP contribution in [0.15, 0.2) is 39.0 Å². The Morgan fingerprint density at radius 2 is 2.06 bits per heavy atom. The third-order valence-electron chi connectivity index (χ3n) is 2.09. The minimum atomic E-state index is -0.803. The largest absolute Gasteiger partial charge is 0.358 e. The van der Waals surface area contributed by atoms with E-state index in [0.717, 1.165) is 11.8 Å². The van der Waals surface area contributed by atoms with Crippen LogP contribution in [0, 0.1) is 5.82 Å². The lowest BCUT2D eigenvalue weighted by Gasteiger charge is -2.04. The molecule has 0 spiro atoms. The zero-order chi connectivity index (χ0) is 12.4. The van der Waals surface area contributed by atoms with Crippen molar-refractivity contribution in [1.82, 2.24) is 14.5 Å². The molecule has 0 saturated carbocycles. The molecule has 0 saturated heterocycles. The van der Waals surface area contributed by atoms with Crippen LogP contribution in [0.25, 0.3) is 5.69 Å². The van der Waals surface area contributed by atoms with Gasteiger partial charge in [0.15, 0.2) is 5.16 Å². The average molecular weight is 253 g/mol. The second-order valence-corrected chi connectivity index (χ2v) is 3.92. The molecule has 1 N–H and O–H groups in total. The molecule has 0 unspecified atom stereocenters. The topological polar surface area (TPSA) is 67.8 Å². The van der Waals surface area contributed by atoms with Crippen molar-refractivity contribution < 1.29 is 4.39 Å². The summed E-state index contributed by atoms with van der Waals surface area (Å²) in [5.74, 6) is -0.654. The first-order chi connectivity index (χ1) is 8.13. The van der Waals surface area contributed by atoms with Crippen molar-refractivity contribution in [3.63, 3.8) is 0 Å². The highest BCUT2D eigenvalue weighted by Crippen LogP contribution is 2.08. The zero-order valence-electron chi connectivity index (χ0n) is 8.81. The van der Waals surface area contributed by atoms with E-state index in [2.05, 4.69) is 9.97 Å². The quantitative estimate of drug-likeness (QED) is 0.803. The zero-order valence-corrected chi connectivity index (χ0v) is 9.62. The van der Waals surface area contributed by atoms with Gasteiger partial charge in [-0.3, -0.25) is 4.98 Å². The Kier molecular flexibility index (Phi) is 3.10. The van der Waals surface area contributed by atoms with Gasteiger partial charge in [-0.25, -0.2) is 18.5 Å². The molecule has 0 aliphatic rings. The Bertz CT molecular complexity index is 634. The summed E-state index contributed by atoms with van der Waals surface area (Å²) in [4.78, 5) is 29.3. The van der Waals surface area contributed by atoms with Crippen molar-refractivity contribution in [2.45, 2.75) is 5.16 Å². The SMILES string of the molecule is CSc1nc(=O)n(-c2ccccc2F)c(=O)[nH]1. The highest BCUT2D eigenvalue weighted by atomic mass is 32.2. The van der Waals surface area contributed by atoms with Gasteiger partial charge in [0.2, 0.25) is 0 Å². The second-order valence-electron chi connectivity index (χ2n) is 3.12. The molecule has 1 aromatic carbocycles. The predicted octanol–water partition coefficient (Wildman–Crippen LogP) is 0.782. The third kappa shape index (κ3) is 2.14. The molecule has 1 aromatic heterocycles. The van der Waals surface area contributed by atoms with Gasteiger partial charge in [0.25, 0.3) is 0 Å². The number of rotatable bonds is 2. The van der Waals surface area contributed by atoms with Crippen molar-refractivity contribution in [2.75, 3.05) is 6.26 Å². The van der Waals surface area contributed by atoms with Crippen LogP contribution in [0.2, 0.25) is 0 Å². The maximum Gasteiger partial charge on any atom is 0.358 e. The molecule has 0 atom stereocenters. The van der Waals surface area contributed by atoms with Crippen LogP contribution < -0.4 is 11.4 Å². The lowest BCUT2D eigenvalue weighted by molar-refractivity contribution is 0.605. The van der Waals surface area contributed by atoms with Gasteiger partial charge >= 0.3 is 11.4 Å². The average Bonchev–Trinajstić information content (AvgIpc) is 2.30. The maximum absolute atomic E-state index is 13.5. The van der Waals surface area contributed by atoms with Crippen molar-refractivity contribution in [2.24, 2.45) is 0 Å². The summed E-state index contributed by atoms with van der Waals surface area (Å²) >= 11 is 1.13. The number of aromatic amines is 1. The van der Waals surface area contributed by atoms with Crippen LogP contribution in [0.3, 0.4) is 0 Å². The van der Waals surface area contributed by atoms with E-state index in [4.69, 9.17) is 0 Å². The normalized spacial score (nSPS) is 10.5. The molecule has 2 rings (SSSR count). The molecule has 0 amide bonds. The summed E-state index contributed by atoms with van der Waals surface area (Å²) in [7, 11) is 0. The number of para-hydroxylation sites is 1. The van der Waals surface area contributed by atoms with E-state index < -0.39 is 17.2 Å². The molecule has 7 heteroatoms. The summed E-state index contributed by atoms with van der Waals surface area (Å²) < 4.78 is 14.1. The molecular formula is C10H8FN3O2S. The summed E-state index contributed by atoms with van der Waals surface area (Å²) in [6.07, 6.45) is 1.67. The first-order valence-corrected chi connectivity index (χ1v) is 5.88. The van der Waals surface area contributed by atoms with Gasteiger partial charge in [0.1, 0.15) is 5.82 Å². The molecule has 1 heterocycles. The van der Waals surface area contributed by atoms with Gasteiger partial charge in [-0.05, 0) is 18.4 Å². The second kappa shape index (κ2) is 4.54. The smallest absolute Gasteiger partial charge is 0.286 e. The summed E-state index contributed by atoms with van der Waals surface area (Å²) in [5, 5.41) is 0.201. The van der Waals surface area contributed by atoms with Crippen LogP contribution >= 0.6 is 11.8 Å². The summed E-state index contributed by atoms with van der Waals surface area (Å²) in [6, 6.07) is 5.52. The molecule has 0 radical (unpaired) electrons. The first-order valence-electron chi connectivity index (χ1n) is 4.65. The molecule has 0 aliphatic heterocycles. The van der Waals surface area contributed by atoms with Gasteiger partial charge in [-0.1, -0.05) is 23.9 Å². The van der Waals surface area contributed by atoms with Gasteiger partial charge in [-0.2, -0.15) is 4.98 Å². The van der Waals surface area contributed by atoms with E-state index >= 15 is 0 Å². The van der Waals surface area contributed by atoms with Gasteiger partial charge in [0.05, 0.1) is 5.69 Å². The molecule has 17 heavy (non-hydrogen) atoms. The van der Waals surface area contributed by atoms with Gasteiger partial charge in [-0.15, -0.1) is 0 Å². The van der Waals surface area contributed by atoms with E-state index in [9.17, 15) is 14.0 Å². The number of hydrogen-bond acceptors (Lipinski definition) is 4. The van der Waals surface area contributed by atoms with E-state index in [1.54, 1.807) is 6.26 Å². The number of benzene rings is 1. The monoisotopic (exact) mass is 253 g/mol. The Hall–Kier alpha value is -1.89. The molecule has 2 aromatic rings. The Morgan fingerprint density at radius 3 is 2.65 bits per heavy atom. The first kappa shape index (κ1) is 11.6. The standard InChI is InChI=1S/C10H8FN3O2S/c1-17-8-12-9(15)14(10(16)13-8)7-5-3-2-4-6(7)11/h2-5H,1H3,(H,12,13,15,16). The van der Waals surface area contributed by atoms with Crippen molar-refractivity contribution >= 4 is 11.8 Å². The lowest BCUT2D eigenvalue weighted by Crippen LogP contribution is -2.36. The molecular weight excluding hydrogens is 245 g/mol. The van der Waals surface area contributed by atoms with Crippen molar-refractivity contribution in [3.8, 4) is 5.69 Å².